The molecule has 0 aliphatic carbocycles. The Morgan fingerprint density at radius 2 is 2.11 bits per heavy atom. The van der Waals surface area contributed by atoms with E-state index in [0.717, 1.165) is 12.2 Å². The molecule has 0 bridgehead atoms. The first-order valence-corrected chi connectivity index (χ1v) is 8.30. The van der Waals surface area contributed by atoms with Crippen LogP contribution in [-0.4, -0.2) is 5.60 Å². The summed E-state index contributed by atoms with van der Waals surface area (Å²) in [4.78, 5) is 0.452. The fraction of sp³-hybridized carbons (Fsp3) is 0.647. The molecule has 0 saturated heterocycles. The van der Waals surface area contributed by atoms with Gasteiger partial charge in [-0.05, 0) is 43.4 Å². The van der Waals surface area contributed by atoms with Gasteiger partial charge in [0.1, 0.15) is 11.4 Å². The molecule has 19 heavy (non-hydrogen) atoms. The smallest absolute Gasteiger partial charge is 0.123 e. The molecule has 0 spiro atoms. The molecular formula is C17H25BrO. The maximum atomic E-state index is 5.94. The van der Waals surface area contributed by atoms with E-state index in [0.29, 0.717) is 10.7 Å². The molecule has 0 amide bonds. The van der Waals surface area contributed by atoms with E-state index in [1.54, 1.807) is 0 Å². The number of alkyl halides is 1. The Balaban J connectivity index is 2.11. The van der Waals surface area contributed by atoms with Crippen molar-refractivity contribution in [2.75, 3.05) is 0 Å². The van der Waals surface area contributed by atoms with E-state index in [1.165, 1.54) is 30.4 Å². The quantitative estimate of drug-likeness (QED) is 0.635. The van der Waals surface area contributed by atoms with Crippen LogP contribution in [0.5, 0.6) is 5.75 Å². The zero-order valence-corrected chi connectivity index (χ0v) is 14.1. The van der Waals surface area contributed by atoms with Crippen molar-refractivity contribution in [3.05, 3.63) is 29.3 Å². The highest BCUT2D eigenvalue weighted by molar-refractivity contribution is 9.09. The Labute approximate surface area is 125 Å². The second-order valence-electron chi connectivity index (χ2n) is 6.43. The predicted octanol–water partition coefficient (Wildman–Crippen LogP) is 5.66. The van der Waals surface area contributed by atoms with E-state index in [9.17, 15) is 0 Å². The van der Waals surface area contributed by atoms with Crippen molar-refractivity contribution < 1.29 is 4.74 Å². The summed E-state index contributed by atoms with van der Waals surface area (Å²) in [5, 5.41) is 0. The molecule has 1 heterocycles. The average Bonchev–Trinajstić information content (AvgIpc) is 2.67. The molecule has 1 nitrogen and oxygen atoms in total. The van der Waals surface area contributed by atoms with Gasteiger partial charge >= 0.3 is 0 Å². The van der Waals surface area contributed by atoms with E-state index in [-0.39, 0.29) is 5.60 Å². The van der Waals surface area contributed by atoms with Crippen molar-refractivity contribution in [2.24, 2.45) is 5.92 Å². The van der Waals surface area contributed by atoms with E-state index < -0.39 is 0 Å². The van der Waals surface area contributed by atoms with Gasteiger partial charge in [-0.1, -0.05) is 54.8 Å². The fourth-order valence-electron chi connectivity index (χ4n) is 2.80. The number of halogens is 1. The fourth-order valence-corrected chi connectivity index (χ4v) is 3.35. The lowest BCUT2D eigenvalue weighted by Crippen LogP contribution is -2.24. The number of benzene rings is 1. The van der Waals surface area contributed by atoms with Crippen molar-refractivity contribution in [2.45, 2.75) is 63.8 Å². The number of fused-ring (bicyclic) bond motifs is 1. The normalized spacial score (nSPS) is 19.6. The Bertz CT molecular complexity index is 439. The number of hydrogen-bond acceptors (Lipinski definition) is 1. The van der Waals surface area contributed by atoms with Gasteiger partial charge in [-0.15, -0.1) is 0 Å². The Morgan fingerprint density at radius 1 is 1.37 bits per heavy atom. The molecule has 0 radical (unpaired) electrons. The zero-order valence-electron chi connectivity index (χ0n) is 12.5. The summed E-state index contributed by atoms with van der Waals surface area (Å²) in [7, 11) is 0. The van der Waals surface area contributed by atoms with Crippen molar-refractivity contribution in [1.82, 2.24) is 0 Å². The number of unbranched alkanes of at least 4 members (excludes halogenated alkanes) is 1. The third kappa shape index (κ3) is 3.53. The number of rotatable bonds is 5. The van der Waals surface area contributed by atoms with Crippen LogP contribution >= 0.6 is 15.9 Å². The van der Waals surface area contributed by atoms with Crippen LogP contribution in [0.4, 0.5) is 0 Å². The van der Waals surface area contributed by atoms with Crippen LogP contribution in [-0.2, 0) is 6.42 Å². The monoisotopic (exact) mass is 324 g/mol. The van der Waals surface area contributed by atoms with Crippen molar-refractivity contribution >= 4 is 15.9 Å². The minimum Gasteiger partial charge on any atom is -0.487 e. The van der Waals surface area contributed by atoms with Gasteiger partial charge in [0.05, 0.1) is 0 Å². The first-order valence-electron chi connectivity index (χ1n) is 7.39. The topological polar surface area (TPSA) is 9.23 Å². The maximum absolute atomic E-state index is 5.94. The molecule has 0 aromatic heterocycles. The maximum Gasteiger partial charge on any atom is 0.123 e. The van der Waals surface area contributed by atoms with Crippen LogP contribution in [0.1, 0.15) is 62.9 Å². The van der Waals surface area contributed by atoms with Crippen LogP contribution in [0.15, 0.2) is 18.2 Å². The van der Waals surface area contributed by atoms with Gasteiger partial charge in [-0.25, -0.2) is 0 Å². The summed E-state index contributed by atoms with van der Waals surface area (Å²) in [6, 6.07) is 6.67. The largest absolute Gasteiger partial charge is 0.487 e. The second kappa shape index (κ2) is 5.87. The molecule has 1 aliphatic heterocycles. The molecule has 2 atom stereocenters. The Hall–Kier alpha value is -0.500. The van der Waals surface area contributed by atoms with Crippen molar-refractivity contribution in [3.8, 4) is 5.75 Å². The van der Waals surface area contributed by atoms with Gasteiger partial charge in [-0.2, -0.15) is 0 Å². The lowest BCUT2D eigenvalue weighted by molar-refractivity contribution is 0.138. The summed E-state index contributed by atoms with van der Waals surface area (Å²) in [6.07, 6.45) is 4.88. The molecule has 2 heteroatoms. The lowest BCUT2D eigenvalue weighted by Gasteiger charge is -2.19. The lowest BCUT2D eigenvalue weighted by atomic mass is 9.93. The standard InChI is InChI=1S/C17H25BrO/c1-5-6-7-12(2)16(18)13-8-9-15-14(10-13)11-17(3,4)19-15/h8-10,12,16H,5-7,11H2,1-4H3. The van der Waals surface area contributed by atoms with Gasteiger partial charge in [0.15, 0.2) is 0 Å². The van der Waals surface area contributed by atoms with E-state index in [1.807, 2.05) is 0 Å². The van der Waals surface area contributed by atoms with Crippen LogP contribution in [0.3, 0.4) is 0 Å². The van der Waals surface area contributed by atoms with Crippen molar-refractivity contribution in [1.29, 1.82) is 0 Å². The van der Waals surface area contributed by atoms with Crippen LogP contribution < -0.4 is 4.74 Å². The molecule has 0 N–H and O–H groups in total. The SMILES string of the molecule is CCCCC(C)C(Br)c1ccc2c(c1)CC(C)(C)O2. The molecule has 1 aliphatic rings. The molecule has 1 aromatic carbocycles. The molecule has 0 saturated carbocycles. The third-order valence-electron chi connectivity index (χ3n) is 3.92. The van der Waals surface area contributed by atoms with E-state index >= 15 is 0 Å². The van der Waals surface area contributed by atoms with Crippen LogP contribution in [0, 0.1) is 5.92 Å². The van der Waals surface area contributed by atoms with Gasteiger partial charge < -0.3 is 4.74 Å². The summed E-state index contributed by atoms with van der Waals surface area (Å²) in [6.45, 7) is 8.90. The summed E-state index contributed by atoms with van der Waals surface area (Å²) in [5.41, 5.74) is 2.70. The third-order valence-corrected chi connectivity index (χ3v) is 5.35. The van der Waals surface area contributed by atoms with Crippen LogP contribution in [0.2, 0.25) is 0 Å². The number of hydrogen-bond donors (Lipinski definition) is 0. The van der Waals surface area contributed by atoms with Crippen LogP contribution in [0.25, 0.3) is 0 Å². The Kier molecular flexibility index (Phi) is 4.60. The summed E-state index contributed by atoms with van der Waals surface area (Å²) in [5.74, 6) is 1.74. The molecule has 0 fully saturated rings. The average molecular weight is 325 g/mol. The van der Waals surface area contributed by atoms with E-state index in [4.69, 9.17) is 4.74 Å². The Morgan fingerprint density at radius 3 is 2.79 bits per heavy atom. The van der Waals surface area contributed by atoms with Gasteiger partial charge in [0, 0.05) is 11.2 Å². The molecule has 106 valence electrons. The van der Waals surface area contributed by atoms with E-state index in [2.05, 4.69) is 61.8 Å². The first kappa shape index (κ1) is 14.9. The highest BCUT2D eigenvalue weighted by atomic mass is 79.9. The minimum atomic E-state index is -0.0450. The van der Waals surface area contributed by atoms with Gasteiger partial charge in [0.25, 0.3) is 0 Å². The summed E-state index contributed by atoms with van der Waals surface area (Å²) < 4.78 is 5.94. The highest BCUT2D eigenvalue weighted by Gasteiger charge is 2.30. The molecule has 1 aromatic rings. The summed E-state index contributed by atoms with van der Waals surface area (Å²) >= 11 is 3.88. The predicted molar refractivity (Wildman–Crippen MR) is 85.2 cm³/mol. The van der Waals surface area contributed by atoms with Gasteiger partial charge in [0.2, 0.25) is 0 Å². The van der Waals surface area contributed by atoms with Crippen molar-refractivity contribution in [3.63, 3.8) is 0 Å². The molecule has 2 unspecified atom stereocenters. The zero-order chi connectivity index (χ0) is 14.0. The molecule has 2 rings (SSSR count). The molecular weight excluding hydrogens is 300 g/mol. The van der Waals surface area contributed by atoms with Gasteiger partial charge in [-0.3, -0.25) is 0 Å². The highest BCUT2D eigenvalue weighted by Crippen LogP contribution is 2.40. The second-order valence-corrected chi connectivity index (χ2v) is 7.41. The first-order chi connectivity index (χ1) is 8.93. The number of ether oxygens (including phenoxy) is 1. The minimum absolute atomic E-state index is 0.0450.